The zero-order valence-electron chi connectivity index (χ0n) is 14.7. The van der Waals surface area contributed by atoms with Crippen molar-refractivity contribution in [3.8, 4) is 11.6 Å². The van der Waals surface area contributed by atoms with E-state index in [-0.39, 0.29) is 18.2 Å². The van der Waals surface area contributed by atoms with Crippen molar-refractivity contribution in [2.75, 3.05) is 6.61 Å². The molecular formula is C19H18BrN3O3. The van der Waals surface area contributed by atoms with Gasteiger partial charge in [0, 0.05) is 16.9 Å². The van der Waals surface area contributed by atoms with Crippen LogP contribution in [0.3, 0.4) is 0 Å². The Morgan fingerprint density at radius 2 is 1.96 bits per heavy atom. The number of aromatic hydroxyl groups is 1. The van der Waals surface area contributed by atoms with Crippen molar-refractivity contribution in [2.24, 2.45) is 17.3 Å². The Balaban J connectivity index is 1.76. The molecule has 134 valence electrons. The molecule has 3 rings (SSSR count). The molecule has 6 nitrogen and oxygen atoms in total. The molecule has 0 aliphatic heterocycles. The number of carbonyl (C=O) groups is 1. The van der Waals surface area contributed by atoms with Gasteiger partial charge in [0.15, 0.2) is 12.3 Å². The van der Waals surface area contributed by atoms with Crippen molar-refractivity contribution < 1.29 is 14.6 Å². The van der Waals surface area contributed by atoms with E-state index in [2.05, 4.69) is 26.2 Å². The van der Waals surface area contributed by atoms with E-state index in [1.165, 1.54) is 0 Å². The zero-order chi connectivity index (χ0) is 18.8. The van der Waals surface area contributed by atoms with Gasteiger partial charge >= 0.3 is 5.91 Å². The molecule has 0 atom stereocenters. The normalized spacial score (nSPS) is 11.4. The molecule has 2 aromatic carbocycles. The third-order valence-corrected chi connectivity index (χ3v) is 4.70. The van der Waals surface area contributed by atoms with Crippen LogP contribution in [0.15, 0.2) is 51.1 Å². The number of hydrogen-bond donors (Lipinski definition) is 1. The summed E-state index contributed by atoms with van der Waals surface area (Å²) in [6.07, 6.45) is 0. The third kappa shape index (κ3) is 3.62. The average Bonchev–Trinajstić information content (AvgIpc) is 2.84. The lowest BCUT2D eigenvalue weighted by atomic mass is 10.1. The summed E-state index contributed by atoms with van der Waals surface area (Å²) >= 11 is 3.39. The van der Waals surface area contributed by atoms with Crippen LogP contribution in [0.5, 0.6) is 11.6 Å². The van der Waals surface area contributed by atoms with E-state index < -0.39 is 5.91 Å². The minimum Gasteiger partial charge on any atom is -0.493 e. The molecule has 0 spiro atoms. The van der Waals surface area contributed by atoms with Crippen LogP contribution in [0, 0.1) is 13.8 Å². The lowest BCUT2D eigenvalue weighted by Crippen LogP contribution is -2.08. The maximum Gasteiger partial charge on any atom is 0.302 e. The fraction of sp³-hybridized carbons (Fsp3) is 0.211. The highest BCUT2D eigenvalue weighted by Gasteiger charge is 2.15. The van der Waals surface area contributed by atoms with E-state index in [9.17, 15) is 9.90 Å². The minimum atomic E-state index is -0.533. The number of fused-ring (bicyclic) bond motifs is 1. The van der Waals surface area contributed by atoms with E-state index in [4.69, 9.17) is 4.74 Å². The Kier molecular flexibility index (Phi) is 5.08. The van der Waals surface area contributed by atoms with Gasteiger partial charge in [-0.2, -0.15) is 0 Å². The summed E-state index contributed by atoms with van der Waals surface area (Å²) in [5, 5.41) is 18.6. The molecule has 0 bridgehead atoms. The van der Waals surface area contributed by atoms with Crippen LogP contribution < -0.4 is 4.74 Å². The predicted octanol–water partition coefficient (Wildman–Crippen LogP) is 4.95. The highest BCUT2D eigenvalue weighted by Crippen LogP contribution is 2.39. The molecule has 1 amide bonds. The Bertz CT molecular complexity index is 1020. The fourth-order valence-electron chi connectivity index (χ4n) is 2.57. The molecule has 0 fully saturated rings. The van der Waals surface area contributed by atoms with Gasteiger partial charge in [0.25, 0.3) is 0 Å². The first-order valence-corrected chi connectivity index (χ1v) is 8.77. The Labute approximate surface area is 159 Å². The van der Waals surface area contributed by atoms with Gasteiger partial charge in [0.1, 0.15) is 5.75 Å². The molecule has 26 heavy (non-hydrogen) atoms. The number of rotatable bonds is 4. The van der Waals surface area contributed by atoms with Crippen molar-refractivity contribution in [1.29, 1.82) is 0 Å². The van der Waals surface area contributed by atoms with E-state index >= 15 is 0 Å². The number of halogens is 1. The van der Waals surface area contributed by atoms with E-state index in [0.29, 0.717) is 11.1 Å². The summed E-state index contributed by atoms with van der Waals surface area (Å²) < 4.78 is 7.89. The molecule has 1 aromatic heterocycles. The smallest absolute Gasteiger partial charge is 0.302 e. The highest BCUT2D eigenvalue weighted by atomic mass is 79.9. The van der Waals surface area contributed by atoms with Gasteiger partial charge in [-0.3, -0.25) is 4.79 Å². The molecule has 1 N–H and O–H groups in total. The van der Waals surface area contributed by atoms with E-state index in [1.54, 1.807) is 17.7 Å². The summed E-state index contributed by atoms with van der Waals surface area (Å²) in [7, 11) is 1.72. The molecule has 1 heterocycles. The van der Waals surface area contributed by atoms with Crippen LogP contribution in [0.25, 0.3) is 10.9 Å². The van der Waals surface area contributed by atoms with Crippen molar-refractivity contribution in [3.05, 3.63) is 52.0 Å². The first kappa shape index (κ1) is 18.1. The summed E-state index contributed by atoms with van der Waals surface area (Å²) in [5.74, 6) is 0.0212. The monoisotopic (exact) mass is 415 g/mol. The molecule has 0 unspecified atom stereocenters. The quantitative estimate of drug-likeness (QED) is 0.612. The second kappa shape index (κ2) is 7.29. The largest absolute Gasteiger partial charge is 0.493 e. The van der Waals surface area contributed by atoms with Crippen LogP contribution >= 0.6 is 15.9 Å². The summed E-state index contributed by atoms with van der Waals surface area (Å²) in [4.78, 5) is 12.0. The molecule has 0 aliphatic carbocycles. The molecule has 7 heteroatoms. The molecule has 0 saturated carbocycles. The van der Waals surface area contributed by atoms with Crippen LogP contribution in [-0.4, -0.2) is 22.2 Å². The van der Waals surface area contributed by atoms with Gasteiger partial charge in [0.2, 0.25) is 5.88 Å². The maximum absolute atomic E-state index is 12.0. The van der Waals surface area contributed by atoms with Crippen molar-refractivity contribution in [3.63, 3.8) is 0 Å². The number of benzene rings is 2. The van der Waals surface area contributed by atoms with Gasteiger partial charge in [-0.15, -0.1) is 10.2 Å². The van der Waals surface area contributed by atoms with Gasteiger partial charge in [-0.1, -0.05) is 22.0 Å². The topological polar surface area (TPSA) is 76.2 Å². The van der Waals surface area contributed by atoms with E-state index in [1.807, 2.05) is 44.2 Å². The highest BCUT2D eigenvalue weighted by molar-refractivity contribution is 9.10. The number of azo groups is 1. The molecule has 0 saturated heterocycles. The van der Waals surface area contributed by atoms with Crippen LogP contribution in [0.1, 0.15) is 11.1 Å². The van der Waals surface area contributed by atoms with E-state index in [0.717, 1.165) is 21.1 Å². The number of ether oxygens (including phenoxy) is 1. The Hall–Kier alpha value is -2.67. The summed E-state index contributed by atoms with van der Waals surface area (Å²) in [6, 6.07) is 11.1. The van der Waals surface area contributed by atoms with Crippen molar-refractivity contribution in [2.45, 2.75) is 13.8 Å². The summed E-state index contributed by atoms with van der Waals surface area (Å²) in [6.45, 7) is 3.76. The third-order valence-electron chi connectivity index (χ3n) is 4.21. The standard InChI is InChI=1S/C19H18BrN3O3/c1-11-4-6-14(8-12(11)2)26-10-17(24)21-22-18-15-9-13(20)5-7-16(15)23(3)19(18)25/h4-9,25H,10H2,1-3H3. The SMILES string of the molecule is Cc1ccc(OCC(=O)N=Nc2c(O)n(C)c3ccc(Br)cc23)cc1C. The lowest BCUT2D eigenvalue weighted by Gasteiger charge is -2.05. The Morgan fingerprint density at radius 1 is 1.19 bits per heavy atom. The van der Waals surface area contributed by atoms with Crippen LogP contribution in [0.4, 0.5) is 5.69 Å². The second-order valence-electron chi connectivity index (χ2n) is 6.02. The Morgan fingerprint density at radius 3 is 2.69 bits per heavy atom. The van der Waals surface area contributed by atoms with Gasteiger partial charge in [-0.05, 0) is 55.3 Å². The summed E-state index contributed by atoms with van der Waals surface area (Å²) in [5.41, 5.74) is 3.28. The first-order valence-electron chi connectivity index (χ1n) is 7.98. The number of nitrogens with zero attached hydrogens (tertiary/aromatic N) is 3. The predicted molar refractivity (Wildman–Crippen MR) is 103 cm³/mol. The second-order valence-corrected chi connectivity index (χ2v) is 6.94. The number of aryl methyl sites for hydroxylation is 3. The van der Waals surface area contributed by atoms with Crippen molar-refractivity contribution >= 4 is 38.4 Å². The van der Waals surface area contributed by atoms with Gasteiger partial charge in [-0.25, -0.2) is 0 Å². The number of carbonyl (C=O) groups excluding carboxylic acids is 1. The average molecular weight is 416 g/mol. The molecule has 0 aliphatic rings. The number of amides is 1. The van der Waals surface area contributed by atoms with Crippen molar-refractivity contribution in [1.82, 2.24) is 4.57 Å². The van der Waals surface area contributed by atoms with Crippen LogP contribution in [-0.2, 0) is 11.8 Å². The van der Waals surface area contributed by atoms with Gasteiger partial charge < -0.3 is 14.4 Å². The number of hydrogen-bond acceptors (Lipinski definition) is 4. The first-order chi connectivity index (χ1) is 12.4. The van der Waals surface area contributed by atoms with Crippen LogP contribution in [0.2, 0.25) is 0 Å². The van der Waals surface area contributed by atoms with Gasteiger partial charge in [0.05, 0.1) is 5.52 Å². The number of aromatic nitrogens is 1. The molecular weight excluding hydrogens is 398 g/mol. The maximum atomic E-state index is 12.0. The fourth-order valence-corrected chi connectivity index (χ4v) is 2.93. The molecule has 0 radical (unpaired) electrons. The lowest BCUT2D eigenvalue weighted by molar-refractivity contribution is -0.120. The zero-order valence-corrected chi connectivity index (χ0v) is 16.2. The minimum absolute atomic E-state index is 0.0512. The molecule has 3 aromatic rings.